The maximum Gasteiger partial charge on any atom is 0.223 e. The molecule has 1 fully saturated rings. The Hall–Kier alpha value is -0.830. The highest BCUT2D eigenvalue weighted by atomic mass is 16.2. The van der Waals surface area contributed by atoms with Gasteiger partial charge in [0.25, 0.3) is 0 Å². The van der Waals surface area contributed by atoms with Gasteiger partial charge in [-0.2, -0.15) is 0 Å². The molecule has 0 aromatic carbocycles. The van der Waals surface area contributed by atoms with Gasteiger partial charge in [0, 0.05) is 25.7 Å². The fourth-order valence-electron chi connectivity index (χ4n) is 2.30. The Morgan fingerprint density at radius 1 is 1.57 bits per heavy atom. The zero-order chi connectivity index (χ0) is 9.97. The second-order valence-electron chi connectivity index (χ2n) is 4.17. The van der Waals surface area contributed by atoms with Crippen LogP contribution in [0, 0.1) is 0 Å². The van der Waals surface area contributed by atoms with Gasteiger partial charge < -0.3 is 10.2 Å². The summed E-state index contributed by atoms with van der Waals surface area (Å²) in [5, 5.41) is 3.48. The third-order valence-electron chi connectivity index (χ3n) is 3.10. The SMILES string of the molecule is CC(=O)N1C=C(C2CCCN2)CCC1. The van der Waals surface area contributed by atoms with Crippen LogP contribution in [0.3, 0.4) is 0 Å². The second kappa shape index (κ2) is 4.13. The van der Waals surface area contributed by atoms with Crippen molar-refractivity contribution in [2.24, 2.45) is 0 Å². The van der Waals surface area contributed by atoms with Crippen molar-refractivity contribution in [3.63, 3.8) is 0 Å². The van der Waals surface area contributed by atoms with Crippen LogP contribution in [0.4, 0.5) is 0 Å². The first-order chi connectivity index (χ1) is 6.77. The van der Waals surface area contributed by atoms with Crippen molar-refractivity contribution in [2.45, 2.75) is 38.6 Å². The fourth-order valence-corrected chi connectivity index (χ4v) is 2.30. The molecular formula is C11H18N2O. The Kier molecular flexibility index (Phi) is 2.87. The summed E-state index contributed by atoms with van der Waals surface area (Å²) in [6, 6.07) is 0.539. The van der Waals surface area contributed by atoms with E-state index < -0.39 is 0 Å². The average Bonchev–Trinajstić information content (AvgIpc) is 2.71. The third-order valence-corrected chi connectivity index (χ3v) is 3.10. The summed E-state index contributed by atoms with van der Waals surface area (Å²) in [5.74, 6) is 0.167. The average molecular weight is 194 g/mol. The Balaban J connectivity index is 2.06. The normalized spacial score (nSPS) is 27.6. The lowest BCUT2D eigenvalue weighted by molar-refractivity contribution is -0.126. The summed E-state index contributed by atoms with van der Waals surface area (Å²) < 4.78 is 0. The lowest BCUT2D eigenvalue weighted by atomic mass is 9.99. The van der Waals surface area contributed by atoms with Crippen LogP contribution in [-0.4, -0.2) is 29.9 Å². The van der Waals surface area contributed by atoms with E-state index in [-0.39, 0.29) is 5.91 Å². The van der Waals surface area contributed by atoms with E-state index in [2.05, 4.69) is 11.5 Å². The Morgan fingerprint density at radius 3 is 3.07 bits per heavy atom. The van der Waals surface area contributed by atoms with Crippen LogP contribution >= 0.6 is 0 Å². The molecule has 2 rings (SSSR count). The summed E-state index contributed by atoms with van der Waals surface area (Å²) >= 11 is 0. The van der Waals surface area contributed by atoms with E-state index in [1.807, 2.05) is 4.90 Å². The molecule has 14 heavy (non-hydrogen) atoms. The van der Waals surface area contributed by atoms with Crippen LogP contribution in [0.5, 0.6) is 0 Å². The molecule has 0 spiro atoms. The molecule has 1 atom stereocenters. The molecule has 0 aliphatic carbocycles. The van der Waals surface area contributed by atoms with Crippen molar-refractivity contribution in [3.05, 3.63) is 11.8 Å². The molecule has 3 nitrogen and oxygen atoms in total. The standard InChI is InChI=1S/C11H18N2O/c1-9(14)13-7-3-4-10(8-13)11-5-2-6-12-11/h8,11-12H,2-7H2,1H3. The first kappa shape index (κ1) is 9.71. The number of nitrogens with zero attached hydrogens (tertiary/aromatic N) is 1. The first-order valence-corrected chi connectivity index (χ1v) is 5.48. The molecule has 2 aliphatic heterocycles. The first-order valence-electron chi connectivity index (χ1n) is 5.48. The molecule has 2 aliphatic rings. The lowest BCUT2D eigenvalue weighted by Crippen LogP contribution is -2.32. The smallest absolute Gasteiger partial charge is 0.223 e. The van der Waals surface area contributed by atoms with Crippen molar-refractivity contribution in [1.82, 2.24) is 10.2 Å². The summed E-state index contributed by atoms with van der Waals surface area (Å²) in [4.78, 5) is 13.1. The molecule has 0 bridgehead atoms. The fraction of sp³-hybridized carbons (Fsp3) is 0.727. The summed E-state index contributed by atoms with van der Waals surface area (Å²) in [6.45, 7) is 3.66. The molecule has 1 N–H and O–H groups in total. The molecule has 1 amide bonds. The molecule has 2 heterocycles. The van der Waals surface area contributed by atoms with Gasteiger partial charge in [-0.3, -0.25) is 4.79 Å². The van der Waals surface area contributed by atoms with Gasteiger partial charge in [0.1, 0.15) is 0 Å². The van der Waals surface area contributed by atoms with Crippen LogP contribution in [0.2, 0.25) is 0 Å². The van der Waals surface area contributed by atoms with E-state index in [0.717, 1.165) is 25.9 Å². The van der Waals surface area contributed by atoms with Gasteiger partial charge >= 0.3 is 0 Å². The molecule has 1 unspecified atom stereocenters. The molecule has 78 valence electrons. The number of carbonyl (C=O) groups is 1. The van der Waals surface area contributed by atoms with Crippen molar-refractivity contribution in [2.75, 3.05) is 13.1 Å². The molecule has 3 heteroatoms. The number of amides is 1. The van der Waals surface area contributed by atoms with E-state index in [9.17, 15) is 4.79 Å². The predicted molar refractivity (Wildman–Crippen MR) is 55.7 cm³/mol. The monoisotopic (exact) mass is 194 g/mol. The van der Waals surface area contributed by atoms with Gasteiger partial charge in [-0.05, 0) is 37.8 Å². The summed E-state index contributed by atoms with van der Waals surface area (Å²) in [5.41, 5.74) is 1.42. The van der Waals surface area contributed by atoms with Crippen LogP contribution in [0.15, 0.2) is 11.8 Å². The minimum absolute atomic E-state index is 0.167. The van der Waals surface area contributed by atoms with E-state index in [1.165, 1.54) is 18.4 Å². The highest BCUT2D eigenvalue weighted by Gasteiger charge is 2.22. The van der Waals surface area contributed by atoms with Crippen LogP contribution in [0.25, 0.3) is 0 Å². The van der Waals surface area contributed by atoms with E-state index in [0.29, 0.717) is 6.04 Å². The number of carbonyl (C=O) groups excluding carboxylic acids is 1. The second-order valence-corrected chi connectivity index (χ2v) is 4.17. The lowest BCUT2D eigenvalue weighted by Gasteiger charge is -2.26. The Morgan fingerprint density at radius 2 is 2.43 bits per heavy atom. The zero-order valence-electron chi connectivity index (χ0n) is 8.75. The highest BCUT2D eigenvalue weighted by Crippen LogP contribution is 2.23. The largest absolute Gasteiger partial charge is 0.319 e. The summed E-state index contributed by atoms with van der Waals surface area (Å²) in [7, 11) is 0. The number of nitrogens with one attached hydrogen (secondary N) is 1. The minimum atomic E-state index is 0.167. The maximum atomic E-state index is 11.2. The number of hydrogen-bond acceptors (Lipinski definition) is 2. The van der Waals surface area contributed by atoms with Crippen molar-refractivity contribution in [1.29, 1.82) is 0 Å². The molecule has 0 saturated carbocycles. The van der Waals surface area contributed by atoms with E-state index >= 15 is 0 Å². The minimum Gasteiger partial charge on any atom is -0.319 e. The van der Waals surface area contributed by atoms with Gasteiger partial charge in [0.05, 0.1) is 0 Å². The maximum absolute atomic E-state index is 11.2. The van der Waals surface area contributed by atoms with Crippen LogP contribution < -0.4 is 5.32 Å². The van der Waals surface area contributed by atoms with Gasteiger partial charge in [-0.25, -0.2) is 0 Å². The van der Waals surface area contributed by atoms with Gasteiger partial charge in [-0.15, -0.1) is 0 Å². The third kappa shape index (κ3) is 1.98. The number of rotatable bonds is 1. The quantitative estimate of drug-likeness (QED) is 0.681. The van der Waals surface area contributed by atoms with Crippen LogP contribution in [-0.2, 0) is 4.79 Å². The molecule has 1 saturated heterocycles. The van der Waals surface area contributed by atoms with Crippen molar-refractivity contribution >= 4 is 5.91 Å². The van der Waals surface area contributed by atoms with Gasteiger partial charge in [0.15, 0.2) is 0 Å². The Labute approximate surface area is 85.2 Å². The van der Waals surface area contributed by atoms with Crippen molar-refractivity contribution in [3.8, 4) is 0 Å². The number of hydrogen-bond donors (Lipinski definition) is 1. The topological polar surface area (TPSA) is 32.3 Å². The zero-order valence-corrected chi connectivity index (χ0v) is 8.75. The van der Waals surface area contributed by atoms with Gasteiger partial charge in [-0.1, -0.05) is 0 Å². The molecule has 0 radical (unpaired) electrons. The van der Waals surface area contributed by atoms with E-state index in [4.69, 9.17) is 0 Å². The Bertz CT molecular complexity index is 254. The van der Waals surface area contributed by atoms with E-state index in [1.54, 1.807) is 6.92 Å². The molecular weight excluding hydrogens is 176 g/mol. The predicted octanol–water partition coefficient (Wildman–Crippen LogP) is 1.26. The summed E-state index contributed by atoms with van der Waals surface area (Å²) in [6.07, 6.45) is 6.83. The van der Waals surface area contributed by atoms with Crippen molar-refractivity contribution < 1.29 is 4.79 Å². The van der Waals surface area contributed by atoms with Gasteiger partial charge in [0.2, 0.25) is 5.91 Å². The molecule has 0 aromatic heterocycles. The molecule has 0 aromatic rings. The van der Waals surface area contributed by atoms with Crippen LogP contribution in [0.1, 0.15) is 32.6 Å². The highest BCUT2D eigenvalue weighted by molar-refractivity contribution is 5.74.